The highest BCUT2D eigenvalue weighted by Gasteiger charge is 2.15. The van der Waals surface area contributed by atoms with E-state index in [-0.39, 0.29) is 12.0 Å². The summed E-state index contributed by atoms with van der Waals surface area (Å²) < 4.78 is 7.09. The van der Waals surface area contributed by atoms with Gasteiger partial charge in [0.25, 0.3) is 0 Å². The molecular formula is C18H17N3O2S. The molecule has 0 spiro atoms. The van der Waals surface area contributed by atoms with Crippen LogP contribution in [0.15, 0.2) is 30.6 Å². The normalized spacial score (nSPS) is 11.0. The van der Waals surface area contributed by atoms with E-state index in [9.17, 15) is 10.1 Å². The SMILES string of the molecule is CCOC(=O)c1cnc(-c2ccc3c(c2)c(C#N)cn3C(C)C)s1. The highest BCUT2D eigenvalue weighted by Crippen LogP contribution is 2.31. The monoisotopic (exact) mass is 339 g/mol. The quantitative estimate of drug-likeness (QED) is 0.661. The number of thiazole rings is 1. The Bertz CT molecular complexity index is 947. The van der Waals surface area contributed by atoms with E-state index in [2.05, 4.69) is 29.5 Å². The van der Waals surface area contributed by atoms with Crippen LogP contribution >= 0.6 is 11.3 Å². The number of nitrogens with zero attached hydrogens (tertiary/aromatic N) is 3. The Morgan fingerprint density at radius 3 is 2.92 bits per heavy atom. The van der Waals surface area contributed by atoms with Crippen LogP contribution in [0.25, 0.3) is 21.5 Å². The molecule has 24 heavy (non-hydrogen) atoms. The predicted octanol–water partition coefficient (Wildman–Crippen LogP) is 4.39. The number of hydrogen-bond donors (Lipinski definition) is 0. The van der Waals surface area contributed by atoms with Gasteiger partial charge in [-0.25, -0.2) is 9.78 Å². The summed E-state index contributed by atoms with van der Waals surface area (Å²) in [5, 5.41) is 11.0. The molecule has 0 radical (unpaired) electrons. The molecule has 2 aromatic heterocycles. The third-order valence-electron chi connectivity index (χ3n) is 3.74. The van der Waals surface area contributed by atoms with Crippen LogP contribution in [0.1, 0.15) is 42.0 Å². The smallest absolute Gasteiger partial charge is 0.349 e. The van der Waals surface area contributed by atoms with Crippen LogP contribution in [-0.2, 0) is 4.74 Å². The summed E-state index contributed by atoms with van der Waals surface area (Å²) in [5.74, 6) is -0.356. The molecule has 0 saturated heterocycles. The molecule has 0 aliphatic heterocycles. The van der Waals surface area contributed by atoms with Crippen LogP contribution in [-0.4, -0.2) is 22.1 Å². The first-order valence-corrected chi connectivity index (χ1v) is 8.54. The number of benzene rings is 1. The van der Waals surface area contributed by atoms with E-state index in [4.69, 9.17) is 4.74 Å². The molecule has 3 rings (SSSR count). The first-order chi connectivity index (χ1) is 11.5. The summed E-state index contributed by atoms with van der Waals surface area (Å²) in [6, 6.07) is 8.45. The summed E-state index contributed by atoms with van der Waals surface area (Å²) in [6.45, 7) is 6.28. The van der Waals surface area contributed by atoms with Crippen molar-refractivity contribution in [2.75, 3.05) is 6.61 Å². The molecule has 0 aliphatic rings. The topological polar surface area (TPSA) is 67.9 Å². The maximum absolute atomic E-state index is 11.8. The predicted molar refractivity (Wildman–Crippen MR) is 94.1 cm³/mol. The Labute approximate surface area is 144 Å². The summed E-state index contributed by atoms with van der Waals surface area (Å²) in [5.41, 5.74) is 2.55. The lowest BCUT2D eigenvalue weighted by Crippen LogP contribution is -2.01. The molecule has 2 heterocycles. The molecule has 0 saturated carbocycles. The molecule has 122 valence electrons. The number of ether oxygens (including phenoxy) is 1. The largest absolute Gasteiger partial charge is 0.462 e. The van der Waals surface area contributed by atoms with Gasteiger partial charge in [0.2, 0.25) is 0 Å². The van der Waals surface area contributed by atoms with E-state index >= 15 is 0 Å². The Balaban J connectivity index is 2.06. The van der Waals surface area contributed by atoms with Crippen LogP contribution < -0.4 is 0 Å². The van der Waals surface area contributed by atoms with Crippen molar-refractivity contribution in [1.29, 1.82) is 5.26 Å². The van der Waals surface area contributed by atoms with Crippen LogP contribution in [0, 0.1) is 11.3 Å². The van der Waals surface area contributed by atoms with Crippen molar-refractivity contribution in [3.05, 3.63) is 41.0 Å². The molecule has 0 fully saturated rings. The van der Waals surface area contributed by atoms with Gasteiger partial charge in [0.05, 0.1) is 18.4 Å². The van der Waals surface area contributed by atoms with E-state index in [1.165, 1.54) is 17.5 Å². The average molecular weight is 339 g/mol. The van der Waals surface area contributed by atoms with Crippen molar-refractivity contribution in [3.63, 3.8) is 0 Å². The molecule has 0 atom stereocenters. The fraction of sp³-hybridized carbons (Fsp3) is 0.278. The number of carbonyl (C=O) groups is 1. The van der Waals surface area contributed by atoms with Gasteiger partial charge in [-0.15, -0.1) is 11.3 Å². The summed E-state index contributed by atoms with van der Waals surface area (Å²) in [7, 11) is 0. The Hall–Kier alpha value is -2.65. The van der Waals surface area contributed by atoms with E-state index in [1.54, 1.807) is 6.92 Å². The van der Waals surface area contributed by atoms with Crippen molar-refractivity contribution in [3.8, 4) is 16.6 Å². The Morgan fingerprint density at radius 2 is 2.25 bits per heavy atom. The van der Waals surface area contributed by atoms with Crippen LogP contribution in [0.2, 0.25) is 0 Å². The van der Waals surface area contributed by atoms with E-state index in [1.807, 2.05) is 24.4 Å². The molecule has 1 aromatic carbocycles. The van der Waals surface area contributed by atoms with Crippen molar-refractivity contribution < 1.29 is 9.53 Å². The second-order valence-corrected chi connectivity index (χ2v) is 6.67. The van der Waals surface area contributed by atoms with Crippen molar-refractivity contribution >= 4 is 28.2 Å². The van der Waals surface area contributed by atoms with Crippen molar-refractivity contribution in [2.45, 2.75) is 26.8 Å². The average Bonchev–Trinajstić information content (AvgIpc) is 3.19. The number of fused-ring (bicyclic) bond motifs is 1. The van der Waals surface area contributed by atoms with Gasteiger partial charge < -0.3 is 9.30 Å². The van der Waals surface area contributed by atoms with Gasteiger partial charge in [-0.1, -0.05) is 0 Å². The number of rotatable bonds is 4. The minimum Gasteiger partial charge on any atom is -0.462 e. The highest BCUT2D eigenvalue weighted by molar-refractivity contribution is 7.16. The van der Waals surface area contributed by atoms with E-state index in [0.29, 0.717) is 17.0 Å². The Kier molecular flexibility index (Phi) is 4.36. The second-order valence-electron chi connectivity index (χ2n) is 5.64. The fourth-order valence-electron chi connectivity index (χ4n) is 2.61. The third-order valence-corrected chi connectivity index (χ3v) is 4.77. The maximum atomic E-state index is 11.8. The number of aromatic nitrogens is 2. The number of nitriles is 1. The minimum atomic E-state index is -0.356. The zero-order valence-corrected chi connectivity index (χ0v) is 14.6. The van der Waals surface area contributed by atoms with Crippen LogP contribution in [0.5, 0.6) is 0 Å². The fourth-order valence-corrected chi connectivity index (χ4v) is 3.41. The first kappa shape index (κ1) is 16.2. The van der Waals surface area contributed by atoms with Gasteiger partial charge in [0, 0.05) is 28.7 Å². The molecule has 0 N–H and O–H groups in total. The van der Waals surface area contributed by atoms with Crippen LogP contribution in [0.4, 0.5) is 0 Å². The lowest BCUT2D eigenvalue weighted by molar-refractivity contribution is 0.0532. The van der Waals surface area contributed by atoms with Gasteiger partial charge in [0.15, 0.2) is 0 Å². The molecule has 6 heteroatoms. The first-order valence-electron chi connectivity index (χ1n) is 7.73. The lowest BCUT2D eigenvalue weighted by atomic mass is 10.1. The molecule has 0 aliphatic carbocycles. The molecule has 0 unspecified atom stereocenters. The zero-order chi connectivity index (χ0) is 17.3. The molecule has 5 nitrogen and oxygen atoms in total. The van der Waals surface area contributed by atoms with Gasteiger partial charge >= 0.3 is 5.97 Å². The zero-order valence-electron chi connectivity index (χ0n) is 13.7. The standard InChI is InChI=1S/C18H17N3O2S/c1-4-23-18(22)16-9-20-17(24-16)12-5-6-15-14(7-12)13(8-19)10-21(15)11(2)3/h5-7,9-11H,4H2,1-3H3. The van der Waals surface area contributed by atoms with E-state index < -0.39 is 0 Å². The minimum absolute atomic E-state index is 0.274. The number of esters is 1. The number of hydrogen-bond acceptors (Lipinski definition) is 5. The van der Waals surface area contributed by atoms with Crippen molar-refractivity contribution in [2.24, 2.45) is 0 Å². The van der Waals surface area contributed by atoms with Gasteiger partial charge in [0.1, 0.15) is 16.0 Å². The Morgan fingerprint density at radius 1 is 1.46 bits per heavy atom. The van der Waals surface area contributed by atoms with Gasteiger partial charge in [-0.2, -0.15) is 5.26 Å². The van der Waals surface area contributed by atoms with Gasteiger partial charge in [-0.3, -0.25) is 0 Å². The molecule has 0 bridgehead atoms. The lowest BCUT2D eigenvalue weighted by Gasteiger charge is -2.09. The van der Waals surface area contributed by atoms with Crippen molar-refractivity contribution in [1.82, 2.24) is 9.55 Å². The maximum Gasteiger partial charge on any atom is 0.349 e. The highest BCUT2D eigenvalue weighted by atomic mass is 32.1. The van der Waals surface area contributed by atoms with E-state index in [0.717, 1.165) is 21.5 Å². The number of carbonyl (C=O) groups excluding carboxylic acids is 1. The van der Waals surface area contributed by atoms with Gasteiger partial charge in [-0.05, 0) is 39.0 Å². The molecule has 3 aromatic rings. The second kappa shape index (κ2) is 6.46. The summed E-state index contributed by atoms with van der Waals surface area (Å²) in [6.07, 6.45) is 3.41. The summed E-state index contributed by atoms with van der Waals surface area (Å²) in [4.78, 5) is 16.6. The molecule has 0 amide bonds. The van der Waals surface area contributed by atoms with Crippen LogP contribution in [0.3, 0.4) is 0 Å². The molecular weight excluding hydrogens is 322 g/mol. The summed E-state index contributed by atoms with van der Waals surface area (Å²) >= 11 is 1.29. The third kappa shape index (κ3) is 2.79.